The number of fused-ring (bicyclic) bond motifs is 1. The monoisotopic (exact) mass is 275 g/mol. The number of nitrogens with zero attached hydrogens (tertiary/aromatic N) is 2. The molecule has 1 aromatic carbocycles. The Labute approximate surface area is 116 Å². The van der Waals surface area contributed by atoms with Crippen LogP contribution in [0.4, 0.5) is 14.6 Å². The fourth-order valence-electron chi connectivity index (χ4n) is 2.59. The quantitative estimate of drug-likeness (QED) is 0.932. The standard InChI is InChI=1S/C15H15F2N3/c16-11-6-10(7-12(17)8-11)4-5-18-15-13-2-1-3-14(13)19-9-20-15/h6-9H,1-5H2,(H,18,19,20). The van der Waals surface area contributed by atoms with Gasteiger partial charge in [0.25, 0.3) is 0 Å². The molecule has 0 spiro atoms. The van der Waals surface area contributed by atoms with Crippen LogP contribution in [-0.2, 0) is 19.3 Å². The number of halogens is 2. The first-order valence-corrected chi connectivity index (χ1v) is 6.74. The maximum atomic E-state index is 13.1. The molecule has 0 saturated carbocycles. The zero-order valence-electron chi connectivity index (χ0n) is 11.0. The maximum absolute atomic E-state index is 13.1. The maximum Gasteiger partial charge on any atom is 0.132 e. The van der Waals surface area contributed by atoms with Crippen molar-refractivity contribution in [1.29, 1.82) is 0 Å². The highest BCUT2D eigenvalue weighted by molar-refractivity contribution is 5.48. The third kappa shape index (κ3) is 2.76. The van der Waals surface area contributed by atoms with Gasteiger partial charge in [0.05, 0.1) is 0 Å². The van der Waals surface area contributed by atoms with Crippen molar-refractivity contribution < 1.29 is 8.78 Å². The SMILES string of the molecule is Fc1cc(F)cc(CCNc2ncnc3c2CCC3)c1. The minimum absolute atomic E-state index is 0.539. The molecular weight excluding hydrogens is 260 g/mol. The van der Waals surface area contributed by atoms with Gasteiger partial charge in [0, 0.05) is 23.9 Å². The van der Waals surface area contributed by atoms with E-state index in [1.165, 1.54) is 17.7 Å². The molecule has 0 fully saturated rings. The number of nitrogens with one attached hydrogen (secondary N) is 1. The molecule has 1 aliphatic carbocycles. The van der Waals surface area contributed by atoms with Crippen LogP contribution in [0.25, 0.3) is 0 Å². The molecular formula is C15H15F2N3. The lowest BCUT2D eigenvalue weighted by Gasteiger charge is -2.09. The highest BCUT2D eigenvalue weighted by atomic mass is 19.1. The molecule has 0 aliphatic heterocycles. The van der Waals surface area contributed by atoms with Crippen molar-refractivity contribution >= 4 is 5.82 Å². The summed E-state index contributed by atoms with van der Waals surface area (Å²) in [5.74, 6) is -0.227. The van der Waals surface area contributed by atoms with Gasteiger partial charge in [-0.05, 0) is 43.4 Å². The zero-order valence-corrected chi connectivity index (χ0v) is 11.0. The summed E-state index contributed by atoms with van der Waals surface area (Å²) in [4.78, 5) is 8.51. The Morgan fingerprint density at radius 1 is 1.05 bits per heavy atom. The molecule has 0 unspecified atom stereocenters. The van der Waals surface area contributed by atoms with Gasteiger partial charge in [0.15, 0.2) is 0 Å². The molecule has 20 heavy (non-hydrogen) atoms. The minimum atomic E-state index is -0.539. The van der Waals surface area contributed by atoms with Crippen LogP contribution in [0.15, 0.2) is 24.5 Å². The predicted molar refractivity (Wildman–Crippen MR) is 72.6 cm³/mol. The molecule has 1 aliphatic rings. The average molecular weight is 275 g/mol. The molecule has 1 heterocycles. The largest absolute Gasteiger partial charge is 0.369 e. The van der Waals surface area contributed by atoms with E-state index >= 15 is 0 Å². The number of anilines is 1. The molecule has 1 aromatic heterocycles. The van der Waals surface area contributed by atoms with Crippen molar-refractivity contribution in [2.45, 2.75) is 25.7 Å². The lowest BCUT2D eigenvalue weighted by atomic mass is 10.1. The highest BCUT2D eigenvalue weighted by Gasteiger charge is 2.16. The average Bonchev–Trinajstić information content (AvgIpc) is 2.86. The molecule has 5 heteroatoms. The summed E-state index contributed by atoms with van der Waals surface area (Å²) in [7, 11) is 0. The second kappa shape index (κ2) is 5.53. The van der Waals surface area contributed by atoms with Gasteiger partial charge in [-0.1, -0.05) is 0 Å². The van der Waals surface area contributed by atoms with E-state index in [1.807, 2.05) is 0 Å². The van der Waals surface area contributed by atoms with Crippen LogP contribution in [-0.4, -0.2) is 16.5 Å². The van der Waals surface area contributed by atoms with E-state index in [2.05, 4.69) is 15.3 Å². The molecule has 0 radical (unpaired) electrons. The zero-order chi connectivity index (χ0) is 13.9. The third-order valence-corrected chi connectivity index (χ3v) is 3.50. The summed E-state index contributed by atoms with van der Waals surface area (Å²) in [6.45, 7) is 0.590. The summed E-state index contributed by atoms with van der Waals surface area (Å²) in [6, 6.07) is 3.60. The Morgan fingerprint density at radius 3 is 2.65 bits per heavy atom. The van der Waals surface area contributed by atoms with Gasteiger partial charge in [-0.3, -0.25) is 0 Å². The van der Waals surface area contributed by atoms with Crippen molar-refractivity contribution in [3.63, 3.8) is 0 Å². The molecule has 2 aromatic rings. The lowest BCUT2D eigenvalue weighted by molar-refractivity contribution is 0.580. The number of aromatic nitrogens is 2. The van der Waals surface area contributed by atoms with E-state index in [1.54, 1.807) is 6.33 Å². The van der Waals surface area contributed by atoms with Crippen molar-refractivity contribution in [2.75, 3.05) is 11.9 Å². The molecule has 104 valence electrons. The Bertz CT molecular complexity index is 608. The molecule has 0 amide bonds. The molecule has 0 atom stereocenters. The van der Waals surface area contributed by atoms with Crippen molar-refractivity contribution in [3.05, 3.63) is 53.0 Å². The molecule has 0 bridgehead atoms. The Hall–Kier alpha value is -2.04. The van der Waals surface area contributed by atoms with Gasteiger partial charge in [-0.15, -0.1) is 0 Å². The second-order valence-electron chi connectivity index (χ2n) is 4.96. The van der Waals surface area contributed by atoms with Crippen molar-refractivity contribution in [1.82, 2.24) is 9.97 Å². The number of hydrogen-bond acceptors (Lipinski definition) is 3. The van der Waals surface area contributed by atoms with Crippen LogP contribution in [0.1, 0.15) is 23.2 Å². The fraction of sp³-hybridized carbons (Fsp3) is 0.333. The summed E-state index contributed by atoms with van der Waals surface area (Å²) in [5.41, 5.74) is 2.93. The first-order valence-electron chi connectivity index (χ1n) is 6.74. The number of rotatable bonds is 4. The van der Waals surface area contributed by atoms with Gasteiger partial charge >= 0.3 is 0 Å². The van der Waals surface area contributed by atoms with Crippen LogP contribution in [0.3, 0.4) is 0 Å². The van der Waals surface area contributed by atoms with E-state index in [4.69, 9.17) is 0 Å². The van der Waals surface area contributed by atoms with E-state index < -0.39 is 11.6 Å². The smallest absolute Gasteiger partial charge is 0.132 e. The van der Waals surface area contributed by atoms with Crippen molar-refractivity contribution in [3.8, 4) is 0 Å². The Morgan fingerprint density at radius 2 is 1.85 bits per heavy atom. The van der Waals surface area contributed by atoms with Gasteiger partial charge in [0.2, 0.25) is 0 Å². The first-order chi connectivity index (χ1) is 9.72. The number of hydrogen-bond donors (Lipinski definition) is 1. The highest BCUT2D eigenvalue weighted by Crippen LogP contribution is 2.24. The Balaban J connectivity index is 1.64. The van der Waals surface area contributed by atoms with Gasteiger partial charge in [-0.25, -0.2) is 18.7 Å². The van der Waals surface area contributed by atoms with Crippen molar-refractivity contribution in [2.24, 2.45) is 0 Å². The van der Waals surface area contributed by atoms with Crippen LogP contribution >= 0.6 is 0 Å². The van der Waals surface area contributed by atoms with E-state index in [0.29, 0.717) is 18.5 Å². The second-order valence-corrected chi connectivity index (χ2v) is 4.96. The molecule has 0 saturated heterocycles. The minimum Gasteiger partial charge on any atom is -0.369 e. The predicted octanol–water partition coefficient (Wildman–Crippen LogP) is 2.90. The fourth-order valence-corrected chi connectivity index (χ4v) is 2.59. The summed E-state index contributed by atoms with van der Waals surface area (Å²) in [6.07, 6.45) is 5.22. The normalized spacial score (nSPS) is 13.3. The Kier molecular flexibility index (Phi) is 3.58. The van der Waals surface area contributed by atoms with Crippen LogP contribution in [0, 0.1) is 11.6 Å². The molecule has 1 N–H and O–H groups in total. The molecule has 3 rings (SSSR count). The molecule has 3 nitrogen and oxygen atoms in total. The first kappa shape index (κ1) is 13.0. The van der Waals surface area contributed by atoms with Crippen LogP contribution in [0.5, 0.6) is 0 Å². The van der Waals surface area contributed by atoms with Crippen LogP contribution < -0.4 is 5.32 Å². The topological polar surface area (TPSA) is 37.8 Å². The van der Waals surface area contributed by atoms with E-state index in [-0.39, 0.29) is 0 Å². The number of aryl methyl sites for hydroxylation is 1. The summed E-state index contributed by atoms with van der Waals surface area (Å²) < 4.78 is 26.2. The lowest BCUT2D eigenvalue weighted by Crippen LogP contribution is -2.09. The van der Waals surface area contributed by atoms with Gasteiger partial charge in [-0.2, -0.15) is 0 Å². The summed E-state index contributed by atoms with van der Waals surface area (Å²) >= 11 is 0. The number of benzene rings is 1. The van der Waals surface area contributed by atoms with Gasteiger partial charge in [0.1, 0.15) is 23.8 Å². The van der Waals surface area contributed by atoms with Gasteiger partial charge < -0.3 is 5.32 Å². The third-order valence-electron chi connectivity index (χ3n) is 3.50. The van der Waals surface area contributed by atoms with Crippen LogP contribution in [0.2, 0.25) is 0 Å². The summed E-state index contributed by atoms with van der Waals surface area (Å²) in [5, 5.41) is 3.24. The van der Waals surface area contributed by atoms with E-state index in [9.17, 15) is 8.78 Å². The van der Waals surface area contributed by atoms with E-state index in [0.717, 1.165) is 36.8 Å².